The summed E-state index contributed by atoms with van der Waals surface area (Å²) in [5, 5.41) is 3.24. The van der Waals surface area contributed by atoms with E-state index in [2.05, 4.69) is 15.3 Å². The summed E-state index contributed by atoms with van der Waals surface area (Å²) in [7, 11) is 1.71. The number of aromatic nitrogens is 2. The van der Waals surface area contributed by atoms with Crippen molar-refractivity contribution in [2.24, 2.45) is 0 Å². The van der Waals surface area contributed by atoms with Crippen molar-refractivity contribution < 1.29 is 13.2 Å². The molecule has 18 heavy (non-hydrogen) atoms. The first-order chi connectivity index (χ1) is 8.48. The van der Waals surface area contributed by atoms with Crippen LogP contribution in [0.1, 0.15) is 25.0 Å². The largest absolute Gasteiger partial charge is 0.433 e. The van der Waals surface area contributed by atoms with Crippen LogP contribution in [-0.4, -0.2) is 29.7 Å². The van der Waals surface area contributed by atoms with Crippen molar-refractivity contribution in [3.8, 4) is 0 Å². The Morgan fingerprint density at radius 2 is 2.17 bits per heavy atom. The topological polar surface area (TPSA) is 41.1 Å². The molecule has 0 aliphatic carbocycles. The van der Waals surface area contributed by atoms with Gasteiger partial charge in [0.2, 0.25) is 5.95 Å². The molecule has 0 aromatic carbocycles. The van der Waals surface area contributed by atoms with Gasteiger partial charge in [-0.3, -0.25) is 5.32 Å². The number of piperidine rings is 1. The van der Waals surface area contributed by atoms with Gasteiger partial charge in [-0.2, -0.15) is 13.2 Å². The van der Waals surface area contributed by atoms with E-state index in [4.69, 9.17) is 0 Å². The van der Waals surface area contributed by atoms with Crippen LogP contribution >= 0.6 is 0 Å². The van der Waals surface area contributed by atoms with Crippen molar-refractivity contribution in [1.82, 2.24) is 15.3 Å². The van der Waals surface area contributed by atoms with Crippen molar-refractivity contribution in [2.75, 3.05) is 18.5 Å². The lowest BCUT2D eigenvalue weighted by Crippen LogP contribution is -2.47. The third kappa shape index (κ3) is 2.90. The second-order valence-corrected chi connectivity index (χ2v) is 4.32. The third-order valence-electron chi connectivity index (χ3n) is 3.00. The van der Waals surface area contributed by atoms with E-state index in [1.165, 1.54) is 0 Å². The average Bonchev–Trinajstić information content (AvgIpc) is 2.38. The van der Waals surface area contributed by atoms with Gasteiger partial charge in [-0.25, -0.2) is 9.97 Å². The van der Waals surface area contributed by atoms with Crippen LogP contribution < -0.4 is 10.2 Å². The summed E-state index contributed by atoms with van der Waals surface area (Å²) < 4.78 is 37.6. The summed E-state index contributed by atoms with van der Waals surface area (Å²) in [5.74, 6) is 0.101. The van der Waals surface area contributed by atoms with Gasteiger partial charge in [0, 0.05) is 13.2 Å². The first-order valence-corrected chi connectivity index (χ1v) is 5.85. The number of hydrogen-bond donors (Lipinski definition) is 1. The van der Waals surface area contributed by atoms with Gasteiger partial charge >= 0.3 is 6.18 Å². The van der Waals surface area contributed by atoms with Gasteiger partial charge in [-0.05, 0) is 31.9 Å². The minimum absolute atomic E-state index is 0.00207. The second kappa shape index (κ2) is 5.09. The molecule has 1 unspecified atom stereocenters. The highest BCUT2D eigenvalue weighted by Crippen LogP contribution is 2.28. The van der Waals surface area contributed by atoms with Crippen LogP contribution in [0, 0.1) is 0 Å². The minimum atomic E-state index is -4.43. The predicted octanol–water partition coefficient (Wildman–Crippen LogP) is 2.03. The Labute approximate surface area is 103 Å². The molecule has 100 valence electrons. The Hall–Kier alpha value is -1.37. The van der Waals surface area contributed by atoms with Gasteiger partial charge in [0.1, 0.15) is 5.69 Å². The van der Waals surface area contributed by atoms with Crippen molar-refractivity contribution in [1.29, 1.82) is 0 Å². The molecule has 1 atom stereocenters. The summed E-state index contributed by atoms with van der Waals surface area (Å²) >= 11 is 0. The molecule has 1 aliphatic rings. The number of rotatable bonds is 2. The molecular formula is C11H15F3N4. The van der Waals surface area contributed by atoms with Gasteiger partial charge in [-0.1, -0.05) is 0 Å². The SMILES string of the molecule is CN(c1nccc(C(F)(F)F)n1)C1CCCCN1. The predicted molar refractivity (Wildman–Crippen MR) is 61.1 cm³/mol. The van der Waals surface area contributed by atoms with Crippen molar-refractivity contribution in [2.45, 2.75) is 31.6 Å². The van der Waals surface area contributed by atoms with Gasteiger partial charge in [0.15, 0.2) is 0 Å². The quantitative estimate of drug-likeness (QED) is 0.883. The number of anilines is 1. The Morgan fingerprint density at radius 3 is 2.78 bits per heavy atom. The van der Waals surface area contributed by atoms with Crippen LogP contribution in [0.2, 0.25) is 0 Å². The zero-order valence-corrected chi connectivity index (χ0v) is 10.0. The summed E-state index contributed by atoms with van der Waals surface area (Å²) in [4.78, 5) is 9.13. The Bertz CT molecular complexity index is 402. The summed E-state index contributed by atoms with van der Waals surface area (Å²) in [5.41, 5.74) is -0.907. The lowest BCUT2D eigenvalue weighted by Gasteiger charge is -2.32. The molecule has 7 heteroatoms. The molecule has 0 radical (unpaired) electrons. The van der Waals surface area contributed by atoms with E-state index < -0.39 is 11.9 Å². The Kier molecular flexibility index (Phi) is 3.70. The Morgan fingerprint density at radius 1 is 1.39 bits per heavy atom. The zero-order valence-electron chi connectivity index (χ0n) is 10.0. The van der Waals surface area contributed by atoms with E-state index >= 15 is 0 Å². The molecule has 1 fully saturated rings. The molecule has 1 aromatic heterocycles. The summed E-state index contributed by atoms with van der Waals surface area (Å²) in [6.07, 6.45) is -0.254. The first kappa shape index (κ1) is 13.1. The van der Waals surface area contributed by atoms with Crippen LogP contribution in [0.3, 0.4) is 0 Å². The van der Waals surface area contributed by atoms with Crippen LogP contribution in [0.4, 0.5) is 19.1 Å². The van der Waals surface area contributed by atoms with Crippen LogP contribution in [0.5, 0.6) is 0 Å². The molecule has 0 spiro atoms. The second-order valence-electron chi connectivity index (χ2n) is 4.32. The zero-order chi connectivity index (χ0) is 13.2. The lowest BCUT2D eigenvalue weighted by atomic mass is 10.1. The summed E-state index contributed by atoms with van der Waals surface area (Å²) in [6.45, 7) is 0.869. The third-order valence-corrected chi connectivity index (χ3v) is 3.00. The average molecular weight is 260 g/mol. The smallest absolute Gasteiger partial charge is 0.328 e. The maximum Gasteiger partial charge on any atom is 0.433 e. The molecule has 2 heterocycles. The monoisotopic (exact) mass is 260 g/mol. The van der Waals surface area contributed by atoms with E-state index in [1.807, 2.05) is 0 Å². The number of hydrogen-bond acceptors (Lipinski definition) is 4. The molecule has 1 saturated heterocycles. The fourth-order valence-corrected chi connectivity index (χ4v) is 1.98. The fourth-order valence-electron chi connectivity index (χ4n) is 1.98. The number of nitrogens with zero attached hydrogens (tertiary/aromatic N) is 3. The van der Waals surface area contributed by atoms with Gasteiger partial charge < -0.3 is 4.90 Å². The lowest BCUT2D eigenvalue weighted by molar-refractivity contribution is -0.141. The highest BCUT2D eigenvalue weighted by Gasteiger charge is 2.33. The molecule has 0 bridgehead atoms. The molecule has 1 aliphatic heterocycles. The van der Waals surface area contributed by atoms with E-state index in [9.17, 15) is 13.2 Å². The van der Waals surface area contributed by atoms with Crippen LogP contribution in [0.25, 0.3) is 0 Å². The van der Waals surface area contributed by atoms with Crippen molar-refractivity contribution in [3.63, 3.8) is 0 Å². The van der Waals surface area contributed by atoms with Crippen LogP contribution in [-0.2, 0) is 6.18 Å². The van der Waals surface area contributed by atoms with Gasteiger partial charge in [-0.15, -0.1) is 0 Å². The molecule has 4 nitrogen and oxygen atoms in total. The highest BCUT2D eigenvalue weighted by atomic mass is 19.4. The van der Waals surface area contributed by atoms with E-state index in [1.54, 1.807) is 11.9 Å². The van der Waals surface area contributed by atoms with Gasteiger partial charge in [0.05, 0.1) is 6.17 Å². The molecular weight excluding hydrogens is 245 g/mol. The maximum atomic E-state index is 12.5. The molecule has 0 amide bonds. The number of alkyl halides is 3. The first-order valence-electron chi connectivity index (χ1n) is 5.85. The molecule has 2 rings (SSSR count). The molecule has 1 N–H and O–H groups in total. The van der Waals surface area contributed by atoms with Crippen molar-refractivity contribution >= 4 is 5.95 Å². The fraction of sp³-hybridized carbons (Fsp3) is 0.636. The standard InChI is InChI=1S/C11H15F3N4/c1-18(9-4-2-3-6-15-9)10-16-7-5-8(17-10)11(12,13)14/h5,7,9,15H,2-4,6H2,1H3. The molecule has 0 saturated carbocycles. The van der Waals surface area contributed by atoms with Crippen LogP contribution in [0.15, 0.2) is 12.3 Å². The van der Waals surface area contributed by atoms with Gasteiger partial charge in [0.25, 0.3) is 0 Å². The highest BCUT2D eigenvalue weighted by molar-refractivity contribution is 5.31. The van der Waals surface area contributed by atoms with E-state index in [0.29, 0.717) is 0 Å². The van der Waals surface area contributed by atoms with E-state index in [-0.39, 0.29) is 12.1 Å². The summed E-state index contributed by atoms with van der Waals surface area (Å²) in [6, 6.07) is 0.881. The Balaban J connectivity index is 2.17. The number of nitrogens with one attached hydrogen (secondary N) is 1. The van der Waals surface area contributed by atoms with Crippen molar-refractivity contribution in [3.05, 3.63) is 18.0 Å². The normalized spacial score (nSPS) is 20.8. The maximum absolute atomic E-state index is 12.5. The number of halogens is 3. The minimum Gasteiger partial charge on any atom is -0.328 e. The molecule has 1 aromatic rings. The van der Waals surface area contributed by atoms with E-state index in [0.717, 1.165) is 38.1 Å².